The zero-order chi connectivity index (χ0) is 27.2. The maximum absolute atomic E-state index is 14.5. The Morgan fingerprint density at radius 1 is 0.872 bits per heavy atom. The SMILES string of the molecule is NCCC[C@H](N)C(=O)c1cccc(Cn2ccc3c2C(=O)C(Cc2ccccc2)(Cc2ccccc2)CC3)c1. The lowest BCUT2D eigenvalue weighted by atomic mass is 9.66. The van der Waals surface area contributed by atoms with Crippen molar-refractivity contribution in [3.63, 3.8) is 0 Å². The second-order valence-corrected chi connectivity index (χ2v) is 10.9. The maximum atomic E-state index is 14.5. The number of benzene rings is 3. The van der Waals surface area contributed by atoms with Crippen molar-refractivity contribution in [1.82, 2.24) is 4.57 Å². The summed E-state index contributed by atoms with van der Waals surface area (Å²) in [7, 11) is 0. The summed E-state index contributed by atoms with van der Waals surface area (Å²) in [6.45, 7) is 1.04. The number of carbonyl (C=O) groups excluding carboxylic acids is 2. The summed E-state index contributed by atoms with van der Waals surface area (Å²) in [5.74, 6) is 0.137. The van der Waals surface area contributed by atoms with Gasteiger partial charge in [-0.2, -0.15) is 0 Å². The molecule has 5 nitrogen and oxygen atoms in total. The summed E-state index contributed by atoms with van der Waals surface area (Å²) in [5.41, 5.74) is 17.0. The number of fused-ring (bicyclic) bond motifs is 1. The first-order chi connectivity index (χ1) is 19.0. The minimum Gasteiger partial charge on any atom is -0.340 e. The molecule has 1 aromatic heterocycles. The number of carbonyl (C=O) groups is 2. The van der Waals surface area contributed by atoms with Gasteiger partial charge in [-0.15, -0.1) is 0 Å². The van der Waals surface area contributed by atoms with Gasteiger partial charge in [0.15, 0.2) is 11.6 Å². The number of hydrogen-bond donors (Lipinski definition) is 2. The highest BCUT2D eigenvalue weighted by molar-refractivity contribution is 6.02. The van der Waals surface area contributed by atoms with Crippen LogP contribution in [-0.2, 0) is 25.8 Å². The first-order valence-electron chi connectivity index (χ1n) is 13.9. The van der Waals surface area contributed by atoms with Crippen LogP contribution in [0.15, 0.2) is 97.2 Å². The fourth-order valence-electron chi connectivity index (χ4n) is 5.94. The van der Waals surface area contributed by atoms with E-state index in [1.165, 1.54) is 11.1 Å². The van der Waals surface area contributed by atoms with Gasteiger partial charge >= 0.3 is 0 Å². The topological polar surface area (TPSA) is 91.1 Å². The highest BCUT2D eigenvalue weighted by atomic mass is 16.1. The van der Waals surface area contributed by atoms with Crippen LogP contribution in [0.4, 0.5) is 0 Å². The van der Waals surface area contributed by atoms with Crippen molar-refractivity contribution < 1.29 is 9.59 Å². The van der Waals surface area contributed by atoms with Crippen molar-refractivity contribution in [2.24, 2.45) is 16.9 Å². The number of aromatic nitrogens is 1. The van der Waals surface area contributed by atoms with Crippen LogP contribution in [0.5, 0.6) is 0 Å². The smallest absolute Gasteiger partial charge is 0.186 e. The number of ketones is 2. The van der Waals surface area contributed by atoms with E-state index in [1.807, 2.05) is 66.9 Å². The van der Waals surface area contributed by atoms with Gasteiger partial charge in [-0.1, -0.05) is 78.9 Å². The molecule has 3 aromatic carbocycles. The van der Waals surface area contributed by atoms with Crippen molar-refractivity contribution in [3.05, 3.63) is 131 Å². The third-order valence-corrected chi connectivity index (χ3v) is 8.01. The Hall–Kier alpha value is -3.80. The largest absolute Gasteiger partial charge is 0.340 e. The molecule has 0 saturated heterocycles. The van der Waals surface area contributed by atoms with Crippen LogP contribution in [0, 0.1) is 5.41 Å². The van der Waals surface area contributed by atoms with E-state index >= 15 is 0 Å². The molecule has 1 heterocycles. The van der Waals surface area contributed by atoms with E-state index in [0.717, 1.165) is 36.1 Å². The standard InChI is InChI=1S/C34H37N3O2/c35-19-8-15-30(36)32(38)29-14-7-13-27(21-29)24-37-20-17-28-16-18-34(33(39)31(28)37,22-25-9-3-1-4-10-25)23-26-11-5-2-6-12-26/h1-7,9-14,17,20-21,30H,8,15-16,18-19,22-24,35-36H2/t30-/m0/s1. The van der Waals surface area contributed by atoms with Crippen LogP contribution in [0.3, 0.4) is 0 Å². The fourth-order valence-corrected chi connectivity index (χ4v) is 5.94. The van der Waals surface area contributed by atoms with Gasteiger partial charge in [0.1, 0.15) is 0 Å². The van der Waals surface area contributed by atoms with Gasteiger partial charge in [-0.25, -0.2) is 0 Å². The minimum atomic E-state index is -0.554. The fraction of sp³-hybridized carbons (Fsp3) is 0.294. The predicted molar refractivity (Wildman–Crippen MR) is 156 cm³/mol. The molecule has 5 rings (SSSR count). The number of aryl methyl sites for hydroxylation is 1. The van der Waals surface area contributed by atoms with Gasteiger partial charge in [-0.3, -0.25) is 9.59 Å². The van der Waals surface area contributed by atoms with Gasteiger partial charge in [0.25, 0.3) is 0 Å². The Balaban J connectivity index is 1.44. The summed E-state index contributed by atoms with van der Waals surface area (Å²) >= 11 is 0. The first kappa shape index (κ1) is 26.8. The van der Waals surface area contributed by atoms with Crippen molar-refractivity contribution in [3.8, 4) is 0 Å². The second-order valence-electron chi connectivity index (χ2n) is 10.9. The molecule has 0 radical (unpaired) electrons. The van der Waals surface area contributed by atoms with Gasteiger partial charge in [0.2, 0.25) is 0 Å². The van der Waals surface area contributed by atoms with Crippen molar-refractivity contribution in [2.75, 3.05) is 6.54 Å². The maximum Gasteiger partial charge on any atom is 0.186 e. The number of hydrogen-bond acceptors (Lipinski definition) is 4. The number of nitrogens with two attached hydrogens (primary N) is 2. The van der Waals surface area contributed by atoms with E-state index in [4.69, 9.17) is 11.5 Å². The molecule has 200 valence electrons. The molecule has 0 aliphatic heterocycles. The van der Waals surface area contributed by atoms with Crippen molar-refractivity contribution >= 4 is 11.6 Å². The van der Waals surface area contributed by atoms with Crippen LogP contribution < -0.4 is 11.5 Å². The summed E-state index contributed by atoms with van der Waals surface area (Å²) in [6, 6.07) is 29.8. The highest BCUT2D eigenvalue weighted by Gasteiger charge is 2.44. The molecule has 0 spiro atoms. The van der Waals surface area contributed by atoms with Gasteiger partial charge in [0, 0.05) is 23.7 Å². The Morgan fingerprint density at radius 3 is 2.15 bits per heavy atom. The Morgan fingerprint density at radius 2 is 1.51 bits per heavy atom. The van der Waals surface area contributed by atoms with Crippen molar-refractivity contribution in [1.29, 1.82) is 0 Å². The molecule has 0 unspecified atom stereocenters. The van der Waals surface area contributed by atoms with E-state index in [2.05, 4.69) is 34.9 Å². The summed E-state index contributed by atoms with van der Waals surface area (Å²) in [6.07, 6.45) is 6.40. The first-order valence-corrected chi connectivity index (χ1v) is 13.9. The zero-order valence-corrected chi connectivity index (χ0v) is 22.4. The number of Topliss-reactive ketones (excluding diaryl/α,β-unsaturated/α-hetero) is 2. The highest BCUT2D eigenvalue weighted by Crippen LogP contribution is 2.41. The van der Waals surface area contributed by atoms with Gasteiger partial charge in [0.05, 0.1) is 11.7 Å². The van der Waals surface area contributed by atoms with E-state index in [1.54, 1.807) is 0 Å². The predicted octanol–water partition coefficient (Wildman–Crippen LogP) is 5.39. The van der Waals surface area contributed by atoms with Crippen LogP contribution in [-0.4, -0.2) is 28.7 Å². The van der Waals surface area contributed by atoms with Crippen LogP contribution in [0.2, 0.25) is 0 Å². The molecule has 0 amide bonds. The van der Waals surface area contributed by atoms with E-state index in [-0.39, 0.29) is 11.6 Å². The molecule has 0 fully saturated rings. The minimum absolute atomic E-state index is 0.0688. The molecular formula is C34H37N3O2. The van der Waals surface area contributed by atoms with Crippen LogP contribution in [0.25, 0.3) is 0 Å². The number of rotatable bonds is 11. The summed E-state index contributed by atoms with van der Waals surface area (Å²) in [4.78, 5) is 27.4. The van der Waals surface area contributed by atoms with Crippen molar-refractivity contribution in [2.45, 2.75) is 51.1 Å². The summed E-state index contributed by atoms with van der Waals surface area (Å²) < 4.78 is 2.07. The summed E-state index contributed by atoms with van der Waals surface area (Å²) in [5, 5.41) is 0. The second kappa shape index (κ2) is 11.9. The van der Waals surface area contributed by atoms with Crippen LogP contribution in [0.1, 0.15) is 62.4 Å². The molecule has 1 aliphatic carbocycles. The zero-order valence-electron chi connectivity index (χ0n) is 22.4. The molecule has 4 aromatic rings. The average molecular weight is 520 g/mol. The lowest BCUT2D eigenvalue weighted by Crippen LogP contribution is -2.41. The molecule has 4 N–H and O–H groups in total. The molecule has 1 atom stereocenters. The third-order valence-electron chi connectivity index (χ3n) is 8.01. The normalized spacial score (nSPS) is 15.1. The molecule has 5 heteroatoms. The lowest BCUT2D eigenvalue weighted by Gasteiger charge is -2.37. The molecule has 0 bridgehead atoms. The Kier molecular flexibility index (Phi) is 8.20. The molecule has 1 aliphatic rings. The van der Waals surface area contributed by atoms with Gasteiger partial charge < -0.3 is 16.0 Å². The Bertz CT molecular complexity index is 1380. The lowest BCUT2D eigenvalue weighted by molar-refractivity contribution is 0.0742. The Labute approximate surface area is 230 Å². The van der Waals surface area contributed by atoms with E-state index in [9.17, 15) is 9.59 Å². The average Bonchev–Trinajstić information content (AvgIpc) is 3.37. The van der Waals surface area contributed by atoms with Crippen LogP contribution >= 0.6 is 0 Å². The third kappa shape index (κ3) is 5.95. The molecular weight excluding hydrogens is 482 g/mol. The number of nitrogens with zero attached hydrogens (tertiary/aromatic N) is 1. The van der Waals surface area contributed by atoms with Gasteiger partial charge in [-0.05, 0) is 79.5 Å². The van der Waals surface area contributed by atoms with E-state index < -0.39 is 11.5 Å². The monoisotopic (exact) mass is 519 g/mol. The quantitative estimate of drug-likeness (QED) is 0.260. The molecule has 0 saturated carbocycles. The van der Waals surface area contributed by atoms with E-state index in [0.29, 0.717) is 37.9 Å². The molecule has 39 heavy (non-hydrogen) atoms.